The summed E-state index contributed by atoms with van der Waals surface area (Å²) >= 11 is 0. The van der Waals surface area contributed by atoms with Crippen molar-refractivity contribution < 1.29 is 4.39 Å². The Hall–Kier alpha value is -0.150. The van der Waals surface area contributed by atoms with E-state index in [-0.39, 0.29) is 0 Å². The number of nitrogens with zero attached hydrogens (tertiary/aromatic N) is 1. The second-order valence-corrected chi connectivity index (χ2v) is 3.18. The Morgan fingerprint density at radius 3 is 2.55 bits per heavy atom. The molecule has 1 fully saturated rings. The fourth-order valence-electron chi connectivity index (χ4n) is 1.52. The van der Waals surface area contributed by atoms with Crippen molar-refractivity contribution >= 4 is 0 Å². The number of hydrogen-bond acceptors (Lipinski definition) is 2. The Kier molecular flexibility index (Phi) is 3.80. The molecule has 3 heteroatoms. The molecule has 0 radical (unpaired) electrons. The van der Waals surface area contributed by atoms with Gasteiger partial charge in [0.05, 0.1) is 0 Å². The van der Waals surface area contributed by atoms with Crippen molar-refractivity contribution in [3.05, 3.63) is 0 Å². The zero-order valence-electron chi connectivity index (χ0n) is 6.93. The van der Waals surface area contributed by atoms with Gasteiger partial charge in [0.15, 0.2) is 0 Å². The third kappa shape index (κ3) is 3.16. The summed E-state index contributed by atoms with van der Waals surface area (Å²) in [5.74, 6) is 0. The first-order chi connectivity index (χ1) is 5.33. The van der Waals surface area contributed by atoms with Gasteiger partial charge in [0.2, 0.25) is 0 Å². The molecule has 1 aliphatic heterocycles. The summed E-state index contributed by atoms with van der Waals surface area (Å²) in [6.07, 6.45) is 2.26. The van der Waals surface area contributed by atoms with Crippen LogP contribution in [0.15, 0.2) is 0 Å². The van der Waals surface area contributed by atoms with Crippen LogP contribution in [0.25, 0.3) is 0 Å². The minimum atomic E-state index is -0.710. The highest BCUT2D eigenvalue weighted by atomic mass is 19.1. The molecular formula is C8H17FN2. The van der Waals surface area contributed by atoms with Crippen LogP contribution < -0.4 is 5.73 Å². The van der Waals surface area contributed by atoms with Crippen molar-refractivity contribution in [1.82, 2.24) is 4.90 Å². The van der Waals surface area contributed by atoms with Crippen LogP contribution in [-0.2, 0) is 0 Å². The molecule has 1 saturated heterocycles. The number of halogens is 1. The zero-order chi connectivity index (χ0) is 8.10. The summed E-state index contributed by atoms with van der Waals surface area (Å²) in [4.78, 5) is 2.18. The molecule has 66 valence electrons. The molecule has 0 spiro atoms. The smallest absolute Gasteiger partial charge is 0.114 e. The standard InChI is InChI=1S/C8H17FN2/c9-8(3-4-10)7-11-5-1-2-6-11/h8H,1-7,10H2. The van der Waals surface area contributed by atoms with Gasteiger partial charge < -0.3 is 10.6 Å². The SMILES string of the molecule is NCCC(F)CN1CCCC1. The number of likely N-dealkylation sites (tertiary alicyclic amines) is 1. The van der Waals surface area contributed by atoms with Crippen molar-refractivity contribution in [1.29, 1.82) is 0 Å². The van der Waals surface area contributed by atoms with Gasteiger partial charge in [0, 0.05) is 6.54 Å². The highest BCUT2D eigenvalue weighted by Gasteiger charge is 2.15. The summed E-state index contributed by atoms with van der Waals surface area (Å²) < 4.78 is 12.9. The number of hydrogen-bond donors (Lipinski definition) is 1. The topological polar surface area (TPSA) is 29.3 Å². The lowest BCUT2D eigenvalue weighted by Gasteiger charge is -2.16. The summed E-state index contributed by atoms with van der Waals surface area (Å²) in [5, 5.41) is 0. The molecule has 11 heavy (non-hydrogen) atoms. The van der Waals surface area contributed by atoms with Crippen LogP contribution >= 0.6 is 0 Å². The summed E-state index contributed by atoms with van der Waals surface area (Å²) in [7, 11) is 0. The Morgan fingerprint density at radius 2 is 2.00 bits per heavy atom. The van der Waals surface area contributed by atoms with Crippen LogP contribution in [0.5, 0.6) is 0 Å². The van der Waals surface area contributed by atoms with E-state index in [0.717, 1.165) is 13.1 Å². The van der Waals surface area contributed by atoms with E-state index in [2.05, 4.69) is 4.90 Å². The molecule has 1 aliphatic rings. The molecule has 2 N–H and O–H groups in total. The van der Waals surface area contributed by atoms with Crippen molar-refractivity contribution in [2.75, 3.05) is 26.2 Å². The molecule has 1 atom stereocenters. The number of nitrogens with two attached hydrogens (primary N) is 1. The van der Waals surface area contributed by atoms with E-state index in [1.54, 1.807) is 0 Å². The maximum Gasteiger partial charge on any atom is 0.114 e. The van der Waals surface area contributed by atoms with E-state index in [0.29, 0.717) is 19.5 Å². The second-order valence-electron chi connectivity index (χ2n) is 3.18. The maximum atomic E-state index is 12.9. The maximum absolute atomic E-state index is 12.9. The highest BCUT2D eigenvalue weighted by Crippen LogP contribution is 2.09. The predicted octanol–water partition coefficient (Wildman–Crippen LogP) is 0.769. The minimum absolute atomic E-state index is 0.467. The summed E-state index contributed by atoms with van der Waals surface area (Å²) in [6, 6.07) is 0. The van der Waals surface area contributed by atoms with Crippen molar-refractivity contribution in [3.63, 3.8) is 0 Å². The Morgan fingerprint density at radius 1 is 1.36 bits per heavy atom. The molecule has 1 heterocycles. The first-order valence-electron chi connectivity index (χ1n) is 4.39. The van der Waals surface area contributed by atoms with Crippen molar-refractivity contribution in [2.24, 2.45) is 5.73 Å². The third-order valence-corrected chi connectivity index (χ3v) is 2.13. The van der Waals surface area contributed by atoms with Crippen molar-refractivity contribution in [2.45, 2.75) is 25.4 Å². The molecular weight excluding hydrogens is 143 g/mol. The van der Waals surface area contributed by atoms with Crippen LogP contribution in [0.2, 0.25) is 0 Å². The molecule has 0 saturated carbocycles. The van der Waals surface area contributed by atoms with Gasteiger partial charge >= 0.3 is 0 Å². The first kappa shape index (κ1) is 8.94. The van der Waals surface area contributed by atoms with Gasteiger partial charge in [0.1, 0.15) is 6.17 Å². The van der Waals surface area contributed by atoms with Gasteiger partial charge in [0.25, 0.3) is 0 Å². The lowest BCUT2D eigenvalue weighted by Crippen LogP contribution is -2.28. The third-order valence-electron chi connectivity index (χ3n) is 2.13. The fraction of sp³-hybridized carbons (Fsp3) is 1.00. The lowest BCUT2D eigenvalue weighted by molar-refractivity contribution is 0.213. The average Bonchev–Trinajstić information content (AvgIpc) is 2.40. The van der Waals surface area contributed by atoms with Crippen LogP contribution in [0, 0.1) is 0 Å². The molecule has 0 aromatic heterocycles. The fourth-order valence-corrected chi connectivity index (χ4v) is 1.52. The van der Waals surface area contributed by atoms with Gasteiger partial charge in [-0.25, -0.2) is 4.39 Å². The van der Waals surface area contributed by atoms with Crippen LogP contribution in [0.4, 0.5) is 4.39 Å². The molecule has 2 nitrogen and oxygen atoms in total. The molecule has 0 amide bonds. The quantitative estimate of drug-likeness (QED) is 0.658. The molecule has 1 unspecified atom stereocenters. The molecule has 0 aliphatic carbocycles. The van der Waals surface area contributed by atoms with Gasteiger partial charge in [-0.05, 0) is 38.9 Å². The predicted molar refractivity (Wildman–Crippen MR) is 44.2 cm³/mol. The van der Waals surface area contributed by atoms with Crippen LogP contribution in [0.1, 0.15) is 19.3 Å². The minimum Gasteiger partial charge on any atom is -0.330 e. The van der Waals surface area contributed by atoms with Crippen LogP contribution in [0.3, 0.4) is 0 Å². The molecule has 1 rings (SSSR count). The summed E-state index contributed by atoms with van der Waals surface area (Å²) in [5.41, 5.74) is 5.25. The average molecular weight is 160 g/mol. The van der Waals surface area contributed by atoms with Gasteiger partial charge in [-0.3, -0.25) is 0 Å². The monoisotopic (exact) mass is 160 g/mol. The zero-order valence-corrected chi connectivity index (χ0v) is 6.93. The normalized spacial score (nSPS) is 22.4. The second kappa shape index (κ2) is 4.67. The highest BCUT2D eigenvalue weighted by molar-refractivity contribution is 4.70. The van der Waals surface area contributed by atoms with Gasteiger partial charge in [-0.15, -0.1) is 0 Å². The lowest BCUT2D eigenvalue weighted by atomic mass is 10.2. The van der Waals surface area contributed by atoms with E-state index in [1.807, 2.05) is 0 Å². The Labute approximate surface area is 67.6 Å². The van der Waals surface area contributed by atoms with Gasteiger partial charge in [-0.1, -0.05) is 0 Å². The largest absolute Gasteiger partial charge is 0.330 e. The number of alkyl halides is 1. The molecule has 0 aromatic rings. The van der Waals surface area contributed by atoms with Crippen molar-refractivity contribution in [3.8, 4) is 0 Å². The summed E-state index contributed by atoms with van der Waals surface area (Å²) in [6.45, 7) is 3.21. The van der Waals surface area contributed by atoms with Crippen LogP contribution in [-0.4, -0.2) is 37.3 Å². The van der Waals surface area contributed by atoms with E-state index in [9.17, 15) is 4.39 Å². The number of rotatable bonds is 4. The van der Waals surface area contributed by atoms with E-state index in [1.165, 1.54) is 12.8 Å². The molecule has 0 aromatic carbocycles. The Balaban J connectivity index is 2.08. The van der Waals surface area contributed by atoms with E-state index >= 15 is 0 Å². The van der Waals surface area contributed by atoms with Gasteiger partial charge in [-0.2, -0.15) is 0 Å². The van der Waals surface area contributed by atoms with E-state index < -0.39 is 6.17 Å². The first-order valence-corrected chi connectivity index (χ1v) is 4.39. The Bertz CT molecular complexity index is 102. The van der Waals surface area contributed by atoms with E-state index in [4.69, 9.17) is 5.73 Å². The molecule has 0 bridgehead atoms.